The normalized spacial score (nSPS) is 18.5. The Morgan fingerprint density at radius 3 is 2.24 bits per heavy atom. The Labute approximate surface area is 192 Å². The Morgan fingerprint density at radius 1 is 0.970 bits per heavy atom. The molecule has 2 aromatic rings. The maximum atomic E-state index is 13.1. The van der Waals surface area contributed by atoms with Crippen molar-refractivity contribution in [1.82, 2.24) is 4.90 Å². The summed E-state index contributed by atoms with van der Waals surface area (Å²) in [6.45, 7) is 4.23. The maximum Gasteiger partial charge on any atom is 0.311 e. The second kappa shape index (κ2) is 10.0. The van der Waals surface area contributed by atoms with E-state index in [2.05, 4.69) is 11.8 Å². The van der Waals surface area contributed by atoms with E-state index < -0.39 is 11.9 Å². The van der Waals surface area contributed by atoms with E-state index in [1.807, 2.05) is 24.3 Å². The molecule has 1 atom stereocenters. The molecular formula is C25H28FN3O4. The van der Waals surface area contributed by atoms with Crippen LogP contribution >= 0.6 is 0 Å². The van der Waals surface area contributed by atoms with Crippen LogP contribution in [0.3, 0.4) is 0 Å². The minimum Gasteiger partial charge on any atom is -0.455 e. The number of carbonyl (C=O) groups is 3. The highest BCUT2D eigenvalue weighted by atomic mass is 19.1. The molecule has 4 rings (SSSR count). The number of nitrogens with zero attached hydrogens (tertiary/aromatic N) is 3. The van der Waals surface area contributed by atoms with Gasteiger partial charge in [0.1, 0.15) is 5.82 Å². The van der Waals surface area contributed by atoms with Crippen LogP contribution in [-0.2, 0) is 25.5 Å². The molecule has 2 fully saturated rings. The van der Waals surface area contributed by atoms with Crippen molar-refractivity contribution in [2.24, 2.45) is 5.92 Å². The van der Waals surface area contributed by atoms with Crippen molar-refractivity contribution in [3.05, 3.63) is 59.9 Å². The predicted molar refractivity (Wildman–Crippen MR) is 122 cm³/mol. The fraction of sp³-hybridized carbons (Fsp3) is 0.400. The molecule has 0 spiro atoms. The molecule has 0 aliphatic carbocycles. The number of carbonyl (C=O) groups excluding carboxylic acids is 3. The van der Waals surface area contributed by atoms with E-state index in [-0.39, 0.29) is 37.2 Å². The van der Waals surface area contributed by atoms with Crippen molar-refractivity contribution in [2.45, 2.75) is 19.8 Å². The summed E-state index contributed by atoms with van der Waals surface area (Å²) in [5.41, 5.74) is 2.86. The minimum atomic E-state index is -0.577. The summed E-state index contributed by atoms with van der Waals surface area (Å²) in [6.07, 6.45) is 0.997. The zero-order valence-electron chi connectivity index (χ0n) is 18.7. The molecule has 2 aliphatic heterocycles. The van der Waals surface area contributed by atoms with Crippen LogP contribution in [0, 0.1) is 11.7 Å². The van der Waals surface area contributed by atoms with Crippen molar-refractivity contribution in [3.63, 3.8) is 0 Å². The van der Waals surface area contributed by atoms with Gasteiger partial charge in [0.15, 0.2) is 6.61 Å². The van der Waals surface area contributed by atoms with Crippen LogP contribution in [0.1, 0.15) is 18.9 Å². The molecule has 0 bridgehead atoms. The van der Waals surface area contributed by atoms with Crippen LogP contribution in [0.5, 0.6) is 0 Å². The van der Waals surface area contributed by atoms with Crippen molar-refractivity contribution < 1.29 is 23.5 Å². The number of rotatable bonds is 6. The van der Waals surface area contributed by atoms with E-state index in [1.54, 1.807) is 21.9 Å². The van der Waals surface area contributed by atoms with Gasteiger partial charge in [-0.3, -0.25) is 14.4 Å². The Hall–Kier alpha value is -3.42. The molecule has 174 valence electrons. The SMILES string of the molecule is CCc1ccc(N2CC(C(=O)OCC(=O)N3CCN(c4ccc(F)cc4)CC3)CC2=O)cc1. The molecule has 0 aromatic heterocycles. The number of amides is 2. The van der Waals surface area contributed by atoms with Gasteiger partial charge in [-0.1, -0.05) is 19.1 Å². The third-order valence-electron chi connectivity index (χ3n) is 6.28. The molecule has 2 amide bonds. The highest BCUT2D eigenvalue weighted by molar-refractivity contribution is 5.99. The van der Waals surface area contributed by atoms with Crippen molar-refractivity contribution in [2.75, 3.05) is 49.1 Å². The Bertz CT molecular complexity index is 1000. The first-order valence-corrected chi connectivity index (χ1v) is 11.3. The Morgan fingerprint density at radius 2 is 1.61 bits per heavy atom. The number of aryl methyl sites for hydroxylation is 1. The number of benzene rings is 2. The summed E-state index contributed by atoms with van der Waals surface area (Å²) >= 11 is 0. The molecule has 2 aromatic carbocycles. The van der Waals surface area contributed by atoms with E-state index >= 15 is 0 Å². The first kappa shape index (κ1) is 22.8. The predicted octanol–water partition coefficient (Wildman–Crippen LogP) is 2.63. The van der Waals surface area contributed by atoms with Crippen LogP contribution in [-0.4, -0.2) is 62.0 Å². The van der Waals surface area contributed by atoms with Crippen LogP contribution in [0.4, 0.5) is 15.8 Å². The molecule has 8 heteroatoms. The molecular weight excluding hydrogens is 425 g/mol. The highest BCUT2D eigenvalue weighted by Crippen LogP contribution is 2.26. The zero-order valence-corrected chi connectivity index (χ0v) is 18.7. The molecule has 2 saturated heterocycles. The second-order valence-corrected chi connectivity index (χ2v) is 8.38. The highest BCUT2D eigenvalue weighted by Gasteiger charge is 2.36. The first-order valence-electron chi connectivity index (χ1n) is 11.3. The third-order valence-corrected chi connectivity index (χ3v) is 6.28. The number of halogens is 1. The third kappa shape index (κ3) is 5.32. The number of hydrogen-bond donors (Lipinski definition) is 0. The van der Waals surface area contributed by atoms with E-state index in [1.165, 1.54) is 17.7 Å². The van der Waals surface area contributed by atoms with Gasteiger partial charge in [0.2, 0.25) is 5.91 Å². The van der Waals surface area contributed by atoms with E-state index in [9.17, 15) is 18.8 Å². The first-order chi connectivity index (χ1) is 15.9. The molecule has 33 heavy (non-hydrogen) atoms. The molecule has 0 saturated carbocycles. The number of esters is 1. The molecule has 1 unspecified atom stereocenters. The lowest BCUT2D eigenvalue weighted by atomic mass is 10.1. The van der Waals surface area contributed by atoms with Gasteiger partial charge >= 0.3 is 5.97 Å². The van der Waals surface area contributed by atoms with Crippen molar-refractivity contribution in [3.8, 4) is 0 Å². The minimum absolute atomic E-state index is 0.0822. The summed E-state index contributed by atoms with van der Waals surface area (Å²) in [5, 5.41) is 0. The van der Waals surface area contributed by atoms with Crippen molar-refractivity contribution >= 4 is 29.2 Å². The van der Waals surface area contributed by atoms with Gasteiger partial charge < -0.3 is 19.4 Å². The summed E-state index contributed by atoms with van der Waals surface area (Å²) < 4.78 is 18.4. The monoisotopic (exact) mass is 453 g/mol. The van der Waals surface area contributed by atoms with Gasteiger partial charge in [0.05, 0.1) is 5.92 Å². The maximum absolute atomic E-state index is 13.1. The number of piperazine rings is 1. The average molecular weight is 454 g/mol. The lowest BCUT2D eigenvalue weighted by Gasteiger charge is -2.36. The van der Waals surface area contributed by atoms with Crippen LogP contribution < -0.4 is 9.80 Å². The second-order valence-electron chi connectivity index (χ2n) is 8.38. The topological polar surface area (TPSA) is 70.2 Å². The number of ether oxygens (including phenoxy) is 1. The molecule has 2 aliphatic rings. The molecule has 7 nitrogen and oxygen atoms in total. The van der Waals surface area contributed by atoms with E-state index in [0.717, 1.165) is 17.8 Å². The quantitative estimate of drug-likeness (QED) is 0.629. The summed E-state index contributed by atoms with van der Waals surface area (Å²) in [7, 11) is 0. The summed E-state index contributed by atoms with van der Waals surface area (Å²) in [6, 6.07) is 14.0. The summed E-state index contributed by atoms with van der Waals surface area (Å²) in [5.74, 6) is -1.75. The van der Waals surface area contributed by atoms with Gasteiger partial charge in [-0.2, -0.15) is 0 Å². The Balaban J connectivity index is 1.23. The average Bonchev–Trinajstić information content (AvgIpc) is 3.24. The van der Waals surface area contributed by atoms with Gasteiger partial charge in [-0.05, 0) is 48.4 Å². The van der Waals surface area contributed by atoms with Crippen molar-refractivity contribution in [1.29, 1.82) is 0 Å². The smallest absolute Gasteiger partial charge is 0.311 e. The van der Waals surface area contributed by atoms with Gasteiger partial charge in [0, 0.05) is 50.5 Å². The Kier molecular flexibility index (Phi) is 6.91. The fourth-order valence-corrected chi connectivity index (χ4v) is 4.23. The lowest BCUT2D eigenvalue weighted by molar-refractivity contribution is -0.155. The van der Waals surface area contributed by atoms with Gasteiger partial charge in [0.25, 0.3) is 5.91 Å². The molecule has 2 heterocycles. The number of hydrogen-bond acceptors (Lipinski definition) is 5. The van der Waals surface area contributed by atoms with Gasteiger partial charge in [-0.25, -0.2) is 4.39 Å². The van der Waals surface area contributed by atoms with Gasteiger partial charge in [-0.15, -0.1) is 0 Å². The van der Waals surface area contributed by atoms with E-state index in [0.29, 0.717) is 26.2 Å². The summed E-state index contributed by atoms with van der Waals surface area (Å²) in [4.78, 5) is 42.8. The van der Waals surface area contributed by atoms with Crippen LogP contribution in [0.2, 0.25) is 0 Å². The number of anilines is 2. The fourth-order valence-electron chi connectivity index (χ4n) is 4.23. The van der Waals surface area contributed by atoms with E-state index in [4.69, 9.17) is 4.74 Å². The van der Waals surface area contributed by atoms with Crippen LogP contribution in [0.25, 0.3) is 0 Å². The standard InChI is InChI=1S/C25H28FN3O4/c1-2-18-3-7-22(8-4-18)29-16-19(15-23(29)30)25(32)33-17-24(31)28-13-11-27(12-14-28)21-9-5-20(26)6-10-21/h3-10,19H,2,11-17H2,1H3. The zero-order chi connectivity index (χ0) is 23.4. The van der Waals surface area contributed by atoms with Crippen LogP contribution in [0.15, 0.2) is 48.5 Å². The molecule has 0 N–H and O–H groups in total. The largest absolute Gasteiger partial charge is 0.455 e. The lowest BCUT2D eigenvalue weighted by Crippen LogP contribution is -2.50. The molecule has 0 radical (unpaired) electrons.